The van der Waals surface area contributed by atoms with Gasteiger partial charge in [-0.3, -0.25) is 9.69 Å². The molecule has 0 unspecified atom stereocenters. The summed E-state index contributed by atoms with van der Waals surface area (Å²) < 4.78 is 13.0. The number of nitrogens with zero attached hydrogens (tertiary/aromatic N) is 2. The summed E-state index contributed by atoms with van der Waals surface area (Å²) in [4.78, 5) is 15.7. The maximum atomic E-state index is 13.0. The van der Waals surface area contributed by atoms with Crippen molar-refractivity contribution in [3.63, 3.8) is 0 Å². The Kier molecular flexibility index (Phi) is 5.66. The van der Waals surface area contributed by atoms with Crippen LogP contribution in [-0.2, 0) is 17.9 Å². The standard InChI is InChI=1S/C20H24FN3O/c1-16(25)22-14-17-2-4-18(5-3-17)15-23-10-12-24(13-11-23)20-8-6-19(21)7-9-20/h2-9H,10-15H2,1H3,(H,22,25). The number of halogens is 1. The molecule has 1 fully saturated rings. The number of carbonyl (C=O) groups is 1. The van der Waals surface area contributed by atoms with E-state index < -0.39 is 0 Å². The topological polar surface area (TPSA) is 35.6 Å². The van der Waals surface area contributed by atoms with Crippen molar-refractivity contribution in [1.29, 1.82) is 0 Å². The molecule has 132 valence electrons. The molecule has 0 atom stereocenters. The predicted molar refractivity (Wildman–Crippen MR) is 97.9 cm³/mol. The summed E-state index contributed by atoms with van der Waals surface area (Å²) in [5.74, 6) is -0.201. The lowest BCUT2D eigenvalue weighted by Crippen LogP contribution is -2.45. The highest BCUT2D eigenvalue weighted by Crippen LogP contribution is 2.18. The van der Waals surface area contributed by atoms with Gasteiger partial charge in [0.2, 0.25) is 5.91 Å². The van der Waals surface area contributed by atoms with Crippen LogP contribution in [0.1, 0.15) is 18.1 Å². The number of piperazine rings is 1. The van der Waals surface area contributed by atoms with Gasteiger partial charge in [-0.1, -0.05) is 24.3 Å². The van der Waals surface area contributed by atoms with Crippen molar-refractivity contribution in [3.8, 4) is 0 Å². The number of benzene rings is 2. The molecule has 0 saturated carbocycles. The highest BCUT2D eigenvalue weighted by molar-refractivity contribution is 5.72. The highest BCUT2D eigenvalue weighted by atomic mass is 19.1. The number of carbonyl (C=O) groups excluding carboxylic acids is 1. The van der Waals surface area contributed by atoms with Crippen LogP contribution in [0.25, 0.3) is 0 Å². The Balaban J connectivity index is 1.48. The molecule has 4 nitrogen and oxygen atoms in total. The maximum Gasteiger partial charge on any atom is 0.217 e. The van der Waals surface area contributed by atoms with Crippen LogP contribution in [0.2, 0.25) is 0 Å². The first-order valence-electron chi connectivity index (χ1n) is 8.65. The van der Waals surface area contributed by atoms with Gasteiger partial charge in [0.15, 0.2) is 0 Å². The first-order valence-corrected chi connectivity index (χ1v) is 8.65. The Morgan fingerprint density at radius 1 is 0.960 bits per heavy atom. The van der Waals surface area contributed by atoms with E-state index in [0.29, 0.717) is 6.54 Å². The van der Waals surface area contributed by atoms with E-state index in [0.717, 1.165) is 44.0 Å². The van der Waals surface area contributed by atoms with Crippen LogP contribution in [0, 0.1) is 5.82 Å². The fourth-order valence-corrected chi connectivity index (χ4v) is 3.06. The van der Waals surface area contributed by atoms with Crippen molar-refractivity contribution in [3.05, 3.63) is 65.5 Å². The molecule has 1 saturated heterocycles. The van der Waals surface area contributed by atoms with Crippen molar-refractivity contribution in [2.24, 2.45) is 0 Å². The Morgan fingerprint density at radius 3 is 2.16 bits per heavy atom. The smallest absolute Gasteiger partial charge is 0.217 e. The van der Waals surface area contributed by atoms with Crippen molar-refractivity contribution < 1.29 is 9.18 Å². The quantitative estimate of drug-likeness (QED) is 0.908. The lowest BCUT2D eigenvalue weighted by atomic mass is 10.1. The van der Waals surface area contributed by atoms with Gasteiger partial charge >= 0.3 is 0 Å². The Morgan fingerprint density at radius 2 is 1.56 bits per heavy atom. The van der Waals surface area contributed by atoms with Crippen LogP contribution in [0.5, 0.6) is 0 Å². The third-order valence-electron chi connectivity index (χ3n) is 4.53. The van der Waals surface area contributed by atoms with Crippen LogP contribution in [0.3, 0.4) is 0 Å². The first-order chi connectivity index (χ1) is 12.1. The second-order valence-electron chi connectivity index (χ2n) is 6.47. The minimum atomic E-state index is -0.190. The van der Waals surface area contributed by atoms with Crippen LogP contribution in [-0.4, -0.2) is 37.0 Å². The highest BCUT2D eigenvalue weighted by Gasteiger charge is 2.17. The summed E-state index contributed by atoms with van der Waals surface area (Å²) in [6.45, 7) is 6.91. The molecule has 0 bridgehead atoms. The third kappa shape index (κ3) is 5.03. The molecule has 1 N–H and O–H groups in total. The monoisotopic (exact) mass is 341 g/mol. The maximum absolute atomic E-state index is 13.0. The van der Waals surface area contributed by atoms with Gasteiger partial charge in [0.1, 0.15) is 5.82 Å². The van der Waals surface area contributed by atoms with Gasteiger partial charge in [0, 0.05) is 51.9 Å². The number of amides is 1. The predicted octanol–water partition coefficient (Wildman–Crippen LogP) is 2.78. The van der Waals surface area contributed by atoms with E-state index in [1.165, 1.54) is 24.6 Å². The van der Waals surface area contributed by atoms with Gasteiger partial charge in [-0.05, 0) is 35.4 Å². The zero-order valence-electron chi connectivity index (χ0n) is 14.5. The molecule has 2 aromatic rings. The van der Waals surface area contributed by atoms with Gasteiger partial charge in [-0.15, -0.1) is 0 Å². The molecule has 1 heterocycles. The lowest BCUT2D eigenvalue weighted by Gasteiger charge is -2.36. The van der Waals surface area contributed by atoms with Crippen molar-refractivity contribution in [2.45, 2.75) is 20.0 Å². The Bertz CT molecular complexity index is 692. The van der Waals surface area contributed by atoms with E-state index in [4.69, 9.17) is 0 Å². The van der Waals surface area contributed by atoms with Crippen molar-refractivity contribution in [2.75, 3.05) is 31.1 Å². The molecule has 0 aliphatic carbocycles. The third-order valence-corrected chi connectivity index (χ3v) is 4.53. The Labute approximate surface area is 148 Å². The van der Waals surface area contributed by atoms with Gasteiger partial charge in [0.05, 0.1) is 0 Å². The number of hydrogen-bond acceptors (Lipinski definition) is 3. The fourth-order valence-electron chi connectivity index (χ4n) is 3.06. The van der Waals surface area contributed by atoms with Gasteiger partial charge < -0.3 is 10.2 Å². The van der Waals surface area contributed by atoms with Gasteiger partial charge in [0.25, 0.3) is 0 Å². The largest absolute Gasteiger partial charge is 0.369 e. The summed E-state index contributed by atoms with van der Waals surface area (Å²) in [5, 5.41) is 2.81. The average molecular weight is 341 g/mol. The second-order valence-corrected chi connectivity index (χ2v) is 6.47. The van der Waals surface area contributed by atoms with E-state index in [1.807, 2.05) is 12.1 Å². The minimum absolute atomic E-state index is 0.0110. The average Bonchev–Trinajstić information content (AvgIpc) is 2.62. The molecule has 3 rings (SSSR count). The van der Waals surface area contributed by atoms with Crippen molar-refractivity contribution >= 4 is 11.6 Å². The minimum Gasteiger partial charge on any atom is -0.369 e. The molecule has 1 aliphatic rings. The number of rotatable bonds is 5. The number of anilines is 1. The zero-order valence-corrected chi connectivity index (χ0v) is 14.5. The molecule has 0 radical (unpaired) electrons. The van der Waals surface area contributed by atoms with Crippen LogP contribution in [0.15, 0.2) is 48.5 Å². The van der Waals surface area contributed by atoms with Crippen molar-refractivity contribution in [1.82, 2.24) is 10.2 Å². The van der Waals surface area contributed by atoms with Crippen LogP contribution < -0.4 is 10.2 Å². The summed E-state index contributed by atoms with van der Waals surface area (Å²) >= 11 is 0. The Hall–Kier alpha value is -2.40. The molecule has 0 spiro atoms. The molecule has 25 heavy (non-hydrogen) atoms. The summed E-state index contributed by atoms with van der Waals surface area (Å²) in [6.07, 6.45) is 0. The molecule has 1 aliphatic heterocycles. The second kappa shape index (κ2) is 8.12. The zero-order chi connectivity index (χ0) is 17.6. The van der Waals surface area contributed by atoms with E-state index in [1.54, 1.807) is 0 Å². The molecule has 0 aromatic heterocycles. The SMILES string of the molecule is CC(=O)NCc1ccc(CN2CCN(c3ccc(F)cc3)CC2)cc1. The summed E-state index contributed by atoms with van der Waals surface area (Å²) in [6, 6.07) is 15.1. The van der Waals surface area contributed by atoms with E-state index >= 15 is 0 Å². The molecule has 1 amide bonds. The number of nitrogens with one attached hydrogen (secondary N) is 1. The molecular formula is C20H24FN3O. The fraction of sp³-hybridized carbons (Fsp3) is 0.350. The molecule has 5 heteroatoms. The summed E-state index contributed by atoms with van der Waals surface area (Å²) in [5.41, 5.74) is 3.48. The first kappa shape index (κ1) is 17.4. The molecular weight excluding hydrogens is 317 g/mol. The molecule has 2 aromatic carbocycles. The lowest BCUT2D eigenvalue weighted by molar-refractivity contribution is -0.119. The van der Waals surface area contributed by atoms with E-state index in [-0.39, 0.29) is 11.7 Å². The summed E-state index contributed by atoms with van der Waals surface area (Å²) in [7, 11) is 0. The van der Waals surface area contributed by atoms with Crippen LogP contribution >= 0.6 is 0 Å². The van der Waals surface area contributed by atoms with E-state index in [9.17, 15) is 9.18 Å². The van der Waals surface area contributed by atoms with Crippen LogP contribution in [0.4, 0.5) is 10.1 Å². The van der Waals surface area contributed by atoms with Gasteiger partial charge in [-0.2, -0.15) is 0 Å². The normalized spacial score (nSPS) is 15.2. The van der Waals surface area contributed by atoms with E-state index in [2.05, 4.69) is 39.4 Å². The number of hydrogen-bond donors (Lipinski definition) is 1. The van der Waals surface area contributed by atoms with Gasteiger partial charge in [-0.25, -0.2) is 4.39 Å².